The fourth-order valence-electron chi connectivity index (χ4n) is 1.61. The van der Waals surface area contributed by atoms with Crippen molar-refractivity contribution in [2.45, 2.75) is 18.8 Å². The molecule has 1 aliphatic heterocycles. The van der Waals surface area contributed by atoms with Crippen molar-refractivity contribution in [2.24, 2.45) is 0 Å². The number of hydrogen-bond acceptors (Lipinski definition) is 3. The highest BCUT2D eigenvalue weighted by Crippen LogP contribution is 2.19. The van der Waals surface area contributed by atoms with Gasteiger partial charge in [-0.1, -0.05) is 0 Å². The third kappa shape index (κ3) is 4.23. The number of rotatable bonds is 1. The highest BCUT2D eigenvalue weighted by molar-refractivity contribution is 9.10. The van der Waals surface area contributed by atoms with Gasteiger partial charge in [-0.2, -0.15) is 0 Å². The number of aromatic nitrogens is 2. The molecular formula is C9H14BrCl2N3. The summed E-state index contributed by atoms with van der Waals surface area (Å²) in [6, 6.07) is 0. The van der Waals surface area contributed by atoms with Crippen molar-refractivity contribution in [2.75, 3.05) is 13.1 Å². The Balaban J connectivity index is 0.000000980. The second-order valence-electron chi connectivity index (χ2n) is 3.30. The normalized spacial score (nSPS) is 19.9. The van der Waals surface area contributed by atoms with Gasteiger partial charge in [-0.15, -0.1) is 24.8 Å². The predicted octanol–water partition coefficient (Wildman–Crippen LogP) is 2.55. The van der Waals surface area contributed by atoms with Crippen LogP contribution in [0.1, 0.15) is 24.6 Å². The molecule has 1 atom stereocenters. The van der Waals surface area contributed by atoms with E-state index in [1.54, 1.807) is 0 Å². The molecule has 1 saturated heterocycles. The molecule has 86 valence electrons. The molecule has 1 fully saturated rings. The first kappa shape index (κ1) is 15.1. The molecule has 0 aromatic carbocycles. The summed E-state index contributed by atoms with van der Waals surface area (Å²) in [4.78, 5) is 8.61. The van der Waals surface area contributed by atoms with Gasteiger partial charge < -0.3 is 5.32 Å². The molecule has 0 aliphatic carbocycles. The maximum Gasteiger partial charge on any atom is 0.132 e. The van der Waals surface area contributed by atoms with Crippen LogP contribution in [0.5, 0.6) is 0 Å². The summed E-state index contributed by atoms with van der Waals surface area (Å²) in [5.74, 6) is 1.47. The standard InChI is InChI=1S/C9H12BrN3.2ClH/c10-8-5-12-9(13-6-8)7-2-1-3-11-4-7;;/h5-7,11H,1-4H2;2*1H. The Morgan fingerprint density at radius 3 is 2.47 bits per heavy atom. The molecule has 1 aromatic heterocycles. The minimum absolute atomic E-state index is 0. The van der Waals surface area contributed by atoms with E-state index in [1.165, 1.54) is 12.8 Å². The summed E-state index contributed by atoms with van der Waals surface area (Å²) in [5, 5.41) is 3.36. The summed E-state index contributed by atoms with van der Waals surface area (Å²) < 4.78 is 0.944. The Morgan fingerprint density at radius 2 is 1.93 bits per heavy atom. The van der Waals surface area contributed by atoms with Crippen LogP contribution in [0.2, 0.25) is 0 Å². The van der Waals surface area contributed by atoms with E-state index in [9.17, 15) is 0 Å². The van der Waals surface area contributed by atoms with Crippen LogP contribution >= 0.6 is 40.7 Å². The van der Waals surface area contributed by atoms with Crippen molar-refractivity contribution in [1.82, 2.24) is 15.3 Å². The molecule has 0 radical (unpaired) electrons. The molecule has 0 bridgehead atoms. The maximum absolute atomic E-state index is 4.30. The first-order valence-corrected chi connectivity index (χ1v) is 5.34. The monoisotopic (exact) mass is 313 g/mol. The quantitative estimate of drug-likeness (QED) is 0.865. The molecule has 1 aliphatic rings. The Bertz CT molecular complexity index is 275. The minimum Gasteiger partial charge on any atom is -0.316 e. The van der Waals surface area contributed by atoms with Gasteiger partial charge in [0.15, 0.2) is 0 Å². The summed E-state index contributed by atoms with van der Waals surface area (Å²) in [6.07, 6.45) is 6.06. The van der Waals surface area contributed by atoms with Gasteiger partial charge in [-0.3, -0.25) is 0 Å². The molecule has 3 nitrogen and oxygen atoms in total. The van der Waals surface area contributed by atoms with E-state index in [-0.39, 0.29) is 24.8 Å². The highest BCUT2D eigenvalue weighted by atomic mass is 79.9. The third-order valence-electron chi connectivity index (χ3n) is 2.30. The van der Waals surface area contributed by atoms with Crippen molar-refractivity contribution in [3.8, 4) is 0 Å². The van der Waals surface area contributed by atoms with Crippen LogP contribution in [0.15, 0.2) is 16.9 Å². The number of halogens is 3. The predicted molar refractivity (Wildman–Crippen MR) is 69.1 cm³/mol. The van der Waals surface area contributed by atoms with E-state index >= 15 is 0 Å². The fraction of sp³-hybridized carbons (Fsp3) is 0.556. The largest absolute Gasteiger partial charge is 0.316 e. The van der Waals surface area contributed by atoms with Gasteiger partial charge in [0.1, 0.15) is 5.82 Å². The second-order valence-corrected chi connectivity index (χ2v) is 4.22. The van der Waals surface area contributed by atoms with Crippen LogP contribution in [0, 0.1) is 0 Å². The summed E-state index contributed by atoms with van der Waals surface area (Å²) in [6.45, 7) is 2.15. The summed E-state index contributed by atoms with van der Waals surface area (Å²) in [5.41, 5.74) is 0. The molecule has 1 unspecified atom stereocenters. The van der Waals surface area contributed by atoms with Gasteiger partial charge in [0.05, 0.1) is 4.47 Å². The van der Waals surface area contributed by atoms with Gasteiger partial charge >= 0.3 is 0 Å². The highest BCUT2D eigenvalue weighted by Gasteiger charge is 2.16. The number of hydrogen-bond donors (Lipinski definition) is 1. The van der Waals surface area contributed by atoms with Crippen molar-refractivity contribution in [1.29, 1.82) is 0 Å². The number of nitrogens with zero attached hydrogens (tertiary/aromatic N) is 2. The number of piperidine rings is 1. The Hall–Kier alpha value is 0.1000. The topological polar surface area (TPSA) is 37.8 Å². The van der Waals surface area contributed by atoms with Crippen LogP contribution in [-0.2, 0) is 0 Å². The van der Waals surface area contributed by atoms with E-state index in [0.29, 0.717) is 5.92 Å². The van der Waals surface area contributed by atoms with Gasteiger partial charge in [0.2, 0.25) is 0 Å². The summed E-state index contributed by atoms with van der Waals surface area (Å²) in [7, 11) is 0. The molecule has 0 spiro atoms. The first-order valence-electron chi connectivity index (χ1n) is 4.54. The van der Waals surface area contributed by atoms with Crippen LogP contribution < -0.4 is 5.32 Å². The molecule has 1 aromatic rings. The van der Waals surface area contributed by atoms with Crippen LogP contribution in [0.3, 0.4) is 0 Å². The lowest BCUT2D eigenvalue weighted by Gasteiger charge is -2.20. The average Bonchev–Trinajstić information content (AvgIpc) is 2.20. The van der Waals surface area contributed by atoms with E-state index in [4.69, 9.17) is 0 Å². The minimum atomic E-state index is 0. The van der Waals surface area contributed by atoms with E-state index in [2.05, 4.69) is 31.2 Å². The molecule has 6 heteroatoms. The van der Waals surface area contributed by atoms with Gasteiger partial charge in [0.25, 0.3) is 0 Å². The Morgan fingerprint density at radius 1 is 1.27 bits per heavy atom. The van der Waals surface area contributed by atoms with Crippen LogP contribution in [0.25, 0.3) is 0 Å². The lowest BCUT2D eigenvalue weighted by Crippen LogP contribution is -2.29. The zero-order chi connectivity index (χ0) is 9.10. The van der Waals surface area contributed by atoms with Crippen molar-refractivity contribution < 1.29 is 0 Å². The fourth-order valence-corrected chi connectivity index (χ4v) is 1.81. The van der Waals surface area contributed by atoms with E-state index in [1.807, 2.05) is 12.4 Å². The lowest BCUT2D eigenvalue weighted by atomic mass is 9.99. The van der Waals surface area contributed by atoms with Crippen molar-refractivity contribution >= 4 is 40.7 Å². The van der Waals surface area contributed by atoms with Gasteiger partial charge in [0, 0.05) is 24.9 Å². The zero-order valence-corrected chi connectivity index (χ0v) is 11.4. The molecule has 2 heterocycles. The van der Waals surface area contributed by atoms with Crippen molar-refractivity contribution in [3.05, 3.63) is 22.7 Å². The van der Waals surface area contributed by atoms with E-state index in [0.717, 1.165) is 23.4 Å². The zero-order valence-electron chi connectivity index (χ0n) is 8.15. The Kier molecular flexibility index (Phi) is 7.44. The number of nitrogens with one attached hydrogen (secondary N) is 1. The lowest BCUT2D eigenvalue weighted by molar-refractivity contribution is 0.446. The second kappa shape index (κ2) is 7.39. The molecule has 2 rings (SSSR count). The first-order chi connectivity index (χ1) is 6.36. The maximum atomic E-state index is 4.30. The SMILES string of the molecule is Brc1cnc(C2CCCNC2)nc1.Cl.Cl. The smallest absolute Gasteiger partial charge is 0.132 e. The van der Waals surface area contributed by atoms with Crippen molar-refractivity contribution in [3.63, 3.8) is 0 Å². The van der Waals surface area contributed by atoms with E-state index < -0.39 is 0 Å². The Labute approximate surface area is 110 Å². The van der Waals surface area contributed by atoms with Crippen LogP contribution in [-0.4, -0.2) is 23.1 Å². The van der Waals surface area contributed by atoms with Crippen LogP contribution in [0.4, 0.5) is 0 Å². The summed E-state index contributed by atoms with van der Waals surface area (Å²) >= 11 is 3.33. The molecule has 0 saturated carbocycles. The van der Waals surface area contributed by atoms with Gasteiger partial charge in [-0.25, -0.2) is 9.97 Å². The molecule has 1 N–H and O–H groups in total. The third-order valence-corrected chi connectivity index (χ3v) is 2.71. The average molecular weight is 315 g/mol. The molecule has 0 amide bonds. The molecular weight excluding hydrogens is 301 g/mol. The molecule has 15 heavy (non-hydrogen) atoms. The van der Waals surface area contributed by atoms with Gasteiger partial charge in [-0.05, 0) is 35.3 Å².